The van der Waals surface area contributed by atoms with Gasteiger partial charge in [0.25, 0.3) is 0 Å². The van der Waals surface area contributed by atoms with E-state index in [0.29, 0.717) is 17.6 Å². The summed E-state index contributed by atoms with van der Waals surface area (Å²) in [4.78, 5) is 17.5. The fourth-order valence-corrected chi connectivity index (χ4v) is 3.22. The van der Waals surface area contributed by atoms with Gasteiger partial charge in [-0.15, -0.1) is 11.3 Å². The zero-order valence-corrected chi connectivity index (χ0v) is 12.8. The molecule has 0 saturated carbocycles. The van der Waals surface area contributed by atoms with Gasteiger partial charge in [0.1, 0.15) is 6.26 Å². The van der Waals surface area contributed by atoms with Crippen LogP contribution in [0.2, 0.25) is 0 Å². The van der Waals surface area contributed by atoms with Crippen molar-refractivity contribution in [2.24, 2.45) is 0 Å². The number of thiophene rings is 1. The van der Waals surface area contributed by atoms with E-state index in [0.717, 1.165) is 24.3 Å². The lowest BCUT2D eigenvalue weighted by Gasteiger charge is -2.30. The molecule has 0 aliphatic carbocycles. The Hall–Kier alpha value is -1.66. The topological polar surface area (TPSA) is 67.2 Å². The Morgan fingerprint density at radius 2 is 2.52 bits per heavy atom. The first kappa shape index (κ1) is 14.3. The predicted octanol–water partition coefficient (Wildman–Crippen LogP) is 2.20. The molecule has 2 N–H and O–H groups in total. The Kier molecular flexibility index (Phi) is 4.36. The van der Waals surface area contributed by atoms with Gasteiger partial charge in [0.2, 0.25) is 11.8 Å². The third kappa shape index (κ3) is 3.51. The molecule has 2 aromatic rings. The molecule has 1 fully saturated rings. The van der Waals surface area contributed by atoms with Gasteiger partial charge in [-0.25, -0.2) is 4.98 Å². The molecular formula is C15H19N3O2S. The minimum atomic E-state index is 0.00146. The number of hydrogen-bond donors (Lipinski definition) is 2. The summed E-state index contributed by atoms with van der Waals surface area (Å²) >= 11 is 1.57. The van der Waals surface area contributed by atoms with Crippen LogP contribution in [0.5, 0.6) is 0 Å². The van der Waals surface area contributed by atoms with Gasteiger partial charge in [-0.1, -0.05) is 6.07 Å². The molecule has 1 aliphatic heterocycles. The molecule has 0 aromatic carbocycles. The maximum absolute atomic E-state index is 12.1. The van der Waals surface area contributed by atoms with Crippen molar-refractivity contribution < 1.29 is 9.21 Å². The van der Waals surface area contributed by atoms with E-state index < -0.39 is 0 Å². The summed E-state index contributed by atoms with van der Waals surface area (Å²) in [5.41, 5.74) is 0.673. The van der Waals surface area contributed by atoms with Crippen molar-refractivity contribution in [3.63, 3.8) is 0 Å². The first-order valence-corrected chi connectivity index (χ1v) is 8.11. The van der Waals surface area contributed by atoms with Crippen LogP contribution in [0.1, 0.15) is 25.5 Å². The molecule has 6 heteroatoms. The summed E-state index contributed by atoms with van der Waals surface area (Å²) < 4.78 is 5.43. The van der Waals surface area contributed by atoms with Crippen LogP contribution < -0.4 is 10.6 Å². The lowest BCUT2D eigenvalue weighted by atomic mass is 10.00. The highest BCUT2D eigenvalue weighted by molar-refractivity contribution is 7.13. The number of rotatable bonds is 4. The van der Waals surface area contributed by atoms with Crippen LogP contribution in [-0.4, -0.2) is 29.5 Å². The number of hydrogen-bond acceptors (Lipinski definition) is 5. The monoisotopic (exact) mass is 305 g/mol. The molecular weight excluding hydrogens is 286 g/mol. The number of aromatic nitrogens is 1. The summed E-state index contributed by atoms with van der Waals surface area (Å²) in [6.07, 6.45) is 3.95. The summed E-state index contributed by atoms with van der Waals surface area (Å²) in [7, 11) is 0. The molecule has 2 aromatic heterocycles. The first-order valence-electron chi connectivity index (χ1n) is 7.23. The molecule has 1 saturated heterocycles. The number of nitrogens with zero attached hydrogens (tertiary/aromatic N) is 1. The summed E-state index contributed by atoms with van der Waals surface area (Å²) in [6, 6.07) is 4.43. The Morgan fingerprint density at radius 1 is 1.62 bits per heavy atom. The van der Waals surface area contributed by atoms with E-state index in [-0.39, 0.29) is 18.4 Å². The molecule has 5 nitrogen and oxygen atoms in total. The Labute approximate surface area is 127 Å². The van der Waals surface area contributed by atoms with Crippen LogP contribution in [0, 0.1) is 0 Å². The van der Waals surface area contributed by atoms with Crippen molar-refractivity contribution in [2.45, 2.75) is 38.3 Å². The Balaban J connectivity index is 1.57. The molecule has 1 amide bonds. The molecule has 0 radical (unpaired) electrons. The van der Waals surface area contributed by atoms with Gasteiger partial charge in [-0.05, 0) is 37.8 Å². The first-order chi connectivity index (χ1) is 10.2. The number of carbonyl (C=O) groups is 1. The number of nitrogens with one attached hydrogen (secondary N) is 2. The number of piperidine rings is 1. The van der Waals surface area contributed by atoms with E-state index in [2.05, 4.69) is 22.5 Å². The van der Waals surface area contributed by atoms with Gasteiger partial charge < -0.3 is 15.1 Å². The predicted molar refractivity (Wildman–Crippen MR) is 82.1 cm³/mol. The molecule has 1 aliphatic rings. The maximum Gasteiger partial charge on any atom is 0.236 e. The summed E-state index contributed by atoms with van der Waals surface area (Å²) in [5.74, 6) is 0.585. The quantitative estimate of drug-likeness (QED) is 0.909. The highest BCUT2D eigenvalue weighted by Crippen LogP contribution is 2.23. The van der Waals surface area contributed by atoms with Crippen LogP contribution >= 0.6 is 11.3 Å². The second-order valence-electron chi connectivity index (χ2n) is 5.36. The van der Waals surface area contributed by atoms with Gasteiger partial charge in [-0.2, -0.15) is 0 Å². The minimum absolute atomic E-state index is 0.00146. The average molecular weight is 305 g/mol. The third-order valence-electron chi connectivity index (χ3n) is 3.73. The number of carbonyl (C=O) groups excluding carboxylic acids is 1. The molecule has 21 heavy (non-hydrogen) atoms. The number of amides is 1. The summed E-state index contributed by atoms with van der Waals surface area (Å²) in [5, 5.41) is 8.43. The maximum atomic E-state index is 12.1. The van der Waals surface area contributed by atoms with E-state index in [4.69, 9.17) is 4.42 Å². The molecule has 3 heterocycles. The fraction of sp³-hybridized carbons (Fsp3) is 0.467. The second-order valence-corrected chi connectivity index (χ2v) is 6.30. The van der Waals surface area contributed by atoms with Crippen LogP contribution in [0.4, 0.5) is 0 Å². The molecule has 2 unspecified atom stereocenters. The smallest absolute Gasteiger partial charge is 0.236 e. The van der Waals surface area contributed by atoms with E-state index in [9.17, 15) is 4.79 Å². The van der Waals surface area contributed by atoms with E-state index in [1.165, 1.54) is 0 Å². The highest BCUT2D eigenvalue weighted by atomic mass is 32.1. The number of oxazole rings is 1. The van der Waals surface area contributed by atoms with E-state index in [1.807, 2.05) is 17.5 Å². The zero-order valence-electron chi connectivity index (χ0n) is 12.0. The van der Waals surface area contributed by atoms with Gasteiger partial charge in [0, 0.05) is 12.1 Å². The lowest BCUT2D eigenvalue weighted by molar-refractivity contribution is -0.121. The van der Waals surface area contributed by atoms with E-state index >= 15 is 0 Å². The Morgan fingerprint density at radius 3 is 3.29 bits per heavy atom. The SMILES string of the molecule is CC1NCCCC1NC(=O)Cc1coc(-c2cccs2)n1. The van der Waals surface area contributed by atoms with Crippen molar-refractivity contribution >= 4 is 17.2 Å². The van der Waals surface area contributed by atoms with Crippen molar-refractivity contribution in [1.82, 2.24) is 15.6 Å². The third-order valence-corrected chi connectivity index (χ3v) is 4.59. The van der Waals surface area contributed by atoms with Crippen molar-refractivity contribution in [1.29, 1.82) is 0 Å². The highest BCUT2D eigenvalue weighted by Gasteiger charge is 2.22. The van der Waals surface area contributed by atoms with Gasteiger partial charge >= 0.3 is 0 Å². The average Bonchev–Trinajstić information content (AvgIpc) is 3.12. The summed E-state index contributed by atoms with van der Waals surface area (Å²) in [6.45, 7) is 3.14. The van der Waals surface area contributed by atoms with Crippen LogP contribution in [-0.2, 0) is 11.2 Å². The second kappa shape index (κ2) is 6.41. The van der Waals surface area contributed by atoms with Crippen LogP contribution in [0.15, 0.2) is 28.2 Å². The normalized spacial score (nSPS) is 22.1. The van der Waals surface area contributed by atoms with E-state index in [1.54, 1.807) is 17.6 Å². The lowest BCUT2D eigenvalue weighted by Crippen LogP contribution is -2.52. The fourth-order valence-electron chi connectivity index (χ4n) is 2.57. The standard InChI is InChI=1S/C15H19N3O2S/c1-10-12(4-2-6-16-10)18-14(19)8-11-9-20-15(17-11)13-5-3-7-21-13/h3,5,7,9-10,12,16H,2,4,6,8H2,1H3,(H,18,19). The van der Waals surface area contributed by atoms with Crippen LogP contribution in [0.25, 0.3) is 10.8 Å². The minimum Gasteiger partial charge on any atom is -0.444 e. The van der Waals surface area contributed by atoms with Crippen molar-refractivity contribution in [3.8, 4) is 10.8 Å². The van der Waals surface area contributed by atoms with Gasteiger partial charge in [-0.3, -0.25) is 4.79 Å². The zero-order chi connectivity index (χ0) is 14.7. The van der Waals surface area contributed by atoms with Crippen molar-refractivity contribution in [2.75, 3.05) is 6.54 Å². The molecule has 3 rings (SSSR count). The largest absolute Gasteiger partial charge is 0.444 e. The van der Waals surface area contributed by atoms with Crippen LogP contribution in [0.3, 0.4) is 0 Å². The molecule has 0 bridgehead atoms. The Bertz CT molecular complexity index is 594. The molecule has 112 valence electrons. The molecule has 0 spiro atoms. The van der Waals surface area contributed by atoms with Crippen molar-refractivity contribution in [3.05, 3.63) is 29.5 Å². The molecule has 2 atom stereocenters. The van der Waals surface area contributed by atoms with Gasteiger partial charge in [0.05, 0.1) is 17.0 Å². The van der Waals surface area contributed by atoms with Gasteiger partial charge in [0.15, 0.2) is 0 Å².